The molecule has 1 unspecified atom stereocenters. The minimum Gasteiger partial charge on any atom is -0.444 e. The molecule has 1 aliphatic heterocycles. The maximum atomic E-state index is 13.1. The lowest BCUT2D eigenvalue weighted by Gasteiger charge is -2.30. The summed E-state index contributed by atoms with van der Waals surface area (Å²) in [7, 11) is 0. The highest BCUT2D eigenvalue weighted by molar-refractivity contribution is 5.96. The number of likely N-dealkylation sites (tertiary alicyclic amines) is 1. The smallest absolute Gasteiger partial charge is 0.408 e. The highest BCUT2D eigenvalue weighted by Crippen LogP contribution is 2.18. The van der Waals surface area contributed by atoms with E-state index in [1.54, 1.807) is 20.8 Å². The Bertz CT molecular complexity index is 1010. The van der Waals surface area contributed by atoms with Gasteiger partial charge in [-0.2, -0.15) is 0 Å². The number of hydrogen-bond donors (Lipinski definition) is 3. The minimum atomic E-state index is -0.787. The number of alkyl carbamates (subject to hydrolysis) is 1. The molecule has 2 aromatic carbocycles. The number of ether oxygens (including phenoxy) is 1. The first-order chi connectivity index (χ1) is 17.1. The molecule has 0 aromatic heterocycles. The maximum Gasteiger partial charge on any atom is 0.408 e. The number of piperidine rings is 1. The molecule has 0 aliphatic carbocycles. The number of nitrogens with zero attached hydrogens (tertiary/aromatic N) is 1. The molecule has 0 saturated carbocycles. The summed E-state index contributed by atoms with van der Waals surface area (Å²) in [5.41, 5.74) is 7.52. The normalized spacial score (nSPS) is 15.6. The molecule has 2 aromatic rings. The third-order valence-electron chi connectivity index (χ3n) is 6.22. The van der Waals surface area contributed by atoms with Gasteiger partial charge in [-0.15, -0.1) is 0 Å². The van der Waals surface area contributed by atoms with E-state index >= 15 is 0 Å². The molecule has 1 saturated heterocycles. The van der Waals surface area contributed by atoms with Gasteiger partial charge in [-0.25, -0.2) is 4.79 Å². The number of nitrogens with two attached hydrogens (primary N) is 1. The lowest BCUT2D eigenvalue weighted by molar-refractivity contribution is -0.123. The van der Waals surface area contributed by atoms with Crippen LogP contribution in [0.5, 0.6) is 0 Å². The van der Waals surface area contributed by atoms with E-state index in [-0.39, 0.29) is 17.7 Å². The summed E-state index contributed by atoms with van der Waals surface area (Å²) < 4.78 is 5.36. The predicted octanol–water partition coefficient (Wildman–Crippen LogP) is 3.50. The van der Waals surface area contributed by atoms with Crippen molar-refractivity contribution in [3.63, 3.8) is 0 Å². The predicted molar refractivity (Wildman–Crippen MR) is 140 cm³/mol. The Morgan fingerprint density at radius 3 is 2.22 bits per heavy atom. The second-order valence-corrected chi connectivity index (χ2v) is 10.3. The van der Waals surface area contributed by atoms with Gasteiger partial charge in [-0.05, 0) is 76.4 Å². The molecule has 8 heteroatoms. The zero-order valence-electron chi connectivity index (χ0n) is 21.5. The monoisotopic (exact) mass is 494 g/mol. The van der Waals surface area contributed by atoms with Gasteiger partial charge in [0.2, 0.25) is 11.8 Å². The minimum absolute atomic E-state index is 0.000306. The molecule has 0 spiro atoms. The van der Waals surface area contributed by atoms with Crippen LogP contribution >= 0.6 is 0 Å². The van der Waals surface area contributed by atoms with Crippen LogP contribution in [0.3, 0.4) is 0 Å². The molecule has 3 amide bonds. The van der Waals surface area contributed by atoms with Crippen molar-refractivity contribution in [3.8, 4) is 0 Å². The Hall–Kier alpha value is -3.39. The first kappa shape index (κ1) is 27.2. The van der Waals surface area contributed by atoms with Crippen LogP contribution in [0.2, 0.25) is 0 Å². The fraction of sp³-hybridized carbons (Fsp3) is 0.464. The van der Waals surface area contributed by atoms with Crippen molar-refractivity contribution in [1.82, 2.24) is 10.2 Å². The number of amides is 3. The lowest BCUT2D eigenvalue weighted by Crippen LogP contribution is -2.47. The topological polar surface area (TPSA) is 114 Å². The number of nitrogens with one attached hydrogen (secondary N) is 2. The van der Waals surface area contributed by atoms with Crippen LogP contribution in [0.25, 0.3) is 0 Å². The molecule has 1 aliphatic rings. The summed E-state index contributed by atoms with van der Waals surface area (Å²) in [6.45, 7) is 8.02. The van der Waals surface area contributed by atoms with Gasteiger partial charge in [0.1, 0.15) is 11.6 Å². The van der Waals surface area contributed by atoms with Crippen molar-refractivity contribution in [2.24, 2.45) is 11.7 Å². The average Bonchev–Trinajstić information content (AvgIpc) is 2.83. The second kappa shape index (κ2) is 12.5. The van der Waals surface area contributed by atoms with E-state index < -0.39 is 17.7 Å². The summed E-state index contributed by atoms with van der Waals surface area (Å²) in [6.07, 6.45) is 2.24. The standard InChI is InChI=1S/C28H38N4O4/c1-28(2,3)36-27(35)31-24(19-21-7-5-4-6-8-21)26(34)30-23-11-9-20(10-12-23)13-16-32-17-14-22(15-18-32)25(29)33/h4-12,22,24H,13-19H2,1-3H3,(H2,29,33)(H,30,34)(H,31,35). The average molecular weight is 495 g/mol. The Labute approximate surface area is 213 Å². The molecule has 36 heavy (non-hydrogen) atoms. The number of hydrogen-bond acceptors (Lipinski definition) is 5. The van der Waals surface area contributed by atoms with Crippen LogP contribution < -0.4 is 16.4 Å². The summed E-state index contributed by atoms with van der Waals surface area (Å²) in [4.78, 5) is 39.2. The largest absolute Gasteiger partial charge is 0.444 e. The van der Waals surface area contributed by atoms with Crippen LogP contribution in [0, 0.1) is 5.92 Å². The number of benzene rings is 2. The molecule has 194 valence electrons. The third kappa shape index (κ3) is 9.00. The first-order valence-corrected chi connectivity index (χ1v) is 12.5. The van der Waals surface area contributed by atoms with E-state index in [4.69, 9.17) is 10.5 Å². The van der Waals surface area contributed by atoms with E-state index in [2.05, 4.69) is 15.5 Å². The van der Waals surface area contributed by atoms with E-state index in [1.165, 1.54) is 0 Å². The van der Waals surface area contributed by atoms with Gasteiger partial charge in [0.05, 0.1) is 0 Å². The fourth-order valence-corrected chi connectivity index (χ4v) is 4.22. The molecule has 1 heterocycles. The highest BCUT2D eigenvalue weighted by Gasteiger charge is 2.25. The van der Waals surface area contributed by atoms with Crippen molar-refractivity contribution in [3.05, 3.63) is 65.7 Å². The Kier molecular flexibility index (Phi) is 9.47. The highest BCUT2D eigenvalue weighted by atomic mass is 16.6. The van der Waals surface area contributed by atoms with Gasteiger partial charge in [0, 0.05) is 24.6 Å². The molecule has 0 bridgehead atoms. The van der Waals surface area contributed by atoms with Crippen LogP contribution in [0.1, 0.15) is 44.7 Å². The van der Waals surface area contributed by atoms with E-state index in [1.807, 2.05) is 54.6 Å². The zero-order valence-corrected chi connectivity index (χ0v) is 21.5. The number of rotatable bonds is 9. The second-order valence-electron chi connectivity index (χ2n) is 10.3. The Balaban J connectivity index is 1.55. The lowest BCUT2D eigenvalue weighted by atomic mass is 9.96. The zero-order chi connectivity index (χ0) is 26.1. The van der Waals surface area contributed by atoms with E-state index in [0.717, 1.165) is 50.0 Å². The van der Waals surface area contributed by atoms with Crippen LogP contribution in [-0.4, -0.2) is 54.1 Å². The molecular formula is C28H38N4O4. The molecule has 1 atom stereocenters. The summed E-state index contributed by atoms with van der Waals surface area (Å²) >= 11 is 0. The molecule has 1 fully saturated rings. The SMILES string of the molecule is CC(C)(C)OC(=O)NC(Cc1ccccc1)C(=O)Nc1ccc(CCN2CCC(C(N)=O)CC2)cc1. The van der Waals surface area contributed by atoms with E-state index in [9.17, 15) is 14.4 Å². The van der Waals surface area contributed by atoms with Crippen LogP contribution in [-0.2, 0) is 27.2 Å². The summed E-state index contributed by atoms with van der Waals surface area (Å²) in [5, 5.41) is 5.63. The van der Waals surface area contributed by atoms with Crippen molar-refractivity contribution < 1.29 is 19.1 Å². The van der Waals surface area contributed by atoms with Gasteiger partial charge in [-0.3, -0.25) is 9.59 Å². The molecule has 0 radical (unpaired) electrons. The van der Waals surface area contributed by atoms with Gasteiger partial charge in [0.15, 0.2) is 0 Å². The molecule has 8 nitrogen and oxygen atoms in total. The summed E-state index contributed by atoms with van der Waals surface area (Å²) in [5.74, 6) is -0.506. The molecule has 3 rings (SSSR count). The number of carbonyl (C=O) groups is 3. The Morgan fingerprint density at radius 2 is 1.64 bits per heavy atom. The number of anilines is 1. The van der Waals surface area contributed by atoms with Gasteiger partial charge >= 0.3 is 6.09 Å². The molecular weight excluding hydrogens is 456 g/mol. The van der Waals surface area contributed by atoms with Gasteiger partial charge in [0.25, 0.3) is 0 Å². The fourth-order valence-electron chi connectivity index (χ4n) is 4.22. The third-order valence-corrected chi connectivity index (χ3v) is 6.22. The maximum absolute atomic E-state index is 13.1. The first-order valence-electron chi connectivity index (χ1n) is 12.5. The summed E-state index contributed by atoms with van der Waals surface area (Å²) in [6, 6.07) is 16.5. The van der Waals surface area contributed by atoms with E-state index in [0.29, 0.717) is 12.1 Å². The van der Waals surface area contributed by atoms with Gasteiger partial charge in [-0.1, -0.05) is 42.5 Å². The van der Waals surface area contributed by atoms with Crippen molar-refractivity contribution >= 4 is 23.6 Å². The Morgan fingerprint density at radius 1 is 1.00 bits per heavy atom. The number of carbonyl (C=O) groups excluding carboxylic acids is 3. The van der Waals surface area contributed by atoms with Crippen molar-refractivity contribution in [2.45, 2.75) is 58.1 Å². The van der Waals surface area contributed by atoms with Crippen LogP contribution in [0.4, 0.5) is 10.5 Å². The van der Waals surface area contributed by atoms with Crippen LogP contribution in [0.15, 0.2) is 54.6 Å². The number of primary amides is 1. The molecule has 4 N–H and O–H groups in total. The van der Waals surface area contributed by atoms with Gasteiger partial charge < -0.3 is 26.0 Å². The quantitative estimate of drug-likeness (QED) is 0.494. The van der Waals surface area contributed by atoms with Crippen molar-refractivity contribution in [2.75, 3.05) is 25.0 Å². The van der Waals surface area contributed by atoms with Crippen molar-refractivity contribution in [1.29, 1.82) is 0 Å².